The van der Waals surface area contributed by atoms with Gasteiger partial charge in [0.1, 0.15) is 0 Å². The zero-order chi connectivity index (χ0) is 10.9. The molecule has 1 rings (SSSR count). The highest BCUT2D eigenvalue weighted by Gasteiger charge is 2.18. The van der Waals surface area contributed by atoms with Gasteiger partial charge >= 0.3 is 0 Å². The number of alkyl halides is 2. The molecule has 1 aromatic rings. The average molecular weight is 208 g/mol. The van der Waals surface area contributed by atoms with E-state index in [0.29, 0.717) is 6.07 Å². The van der Waals surface area contributed by atoms with Crippen LogP contribution in [0, 0.1) is 11.6 Å². The third kappa shape index (κ3) is 2.04. The van der Waals surface area contributed by atoms with E-state index in [0.717, 1.165) is 6.07 Å². The predicted molar refractivity (Wildman–Crippen MR) is 41.9 cm³/mol. The van der Waals surface area contributed by atoms with Gasteiger partial charge in [-0.2, -0.15) is 0 Å². The fraction of sp³-hybridized carbons (Fsp3) is 0.333. The molecule has 0 aliphatic rings. The molecule has 0 fully saturated rings. The summed E-state index contributed by atoms with van der Waals surface area (Å²) in [6.07, 6.45) is -4.20. The van der Waals surface area contributed by atoms with Gasteiger partial charge < -0.3 is 5.11 Å². The van der Waals surface area contributed by atoms with E-state index in [4.69, 9.17) is 5.11 Å². The van der Waals surface area contributed by atoms with Crippen LogP contribution in [0.15, 0.2) is 12.1 Å². The number of halogens is 4. The van der Waals surface area contributed by atoms with E-state index in [1.165, 1.54) is 6.92 Å². The highest BCUT2D eigenvalue weighted by atomic mass is 19.3. The van der Waals surface area contributed by atoms with Crippen molar-refractivity contribution in [1.82, 2.24) is 0 Å². The van der Waals surface area contributed by atoms with Crippen molar-refractivity contribution < 1.29 is 22.7 Å². The van der Waals surface area contributed by atoms with Gasteiger partial charge in [0.25, 0.3) is 6.43 Å². The number of hydrogen-bond acceptors (Lipinski definition) is 1. The SMILES string of the molecule is CC(O)c1cc(C(F)F)cc(F)c1F. The molecule has 0 aliphatic heterocycles. The third-order valence-corrected chi connectivity index (χ3v) is 1.78. The van der Waals surface area contributed by atoms with Crippen LogP contribution >= 0.6 is 0 Å². The van der Waals surface area contributed by atoms with Gasteiger partial charge in [-0.15, -0.1) is 0 Å². The standard InChI is InChI=1S/C9H8F4O/c1-4(14)6-2-5(9(12)13)3-7(10)8(6)11/h2-4,9,14H,1H3. The van der Waals surface area contributed by atoms with Gasteiger partial charge in [0, 0.05) is 11.1 Å². The Morgan fingerprint density at radius 1 is 1.21 bits per heavy atom. The number of hydrogen-bond donors (Lipinski definition) is 1. The van der Waals surface area contributed by atoms with Crippen LogP contribution in [0.2, 0.25) is 0 Å². The number of aliphatic hydroxyl groups is 1. The van der Waals surface area contributed by atoms with Crippen LogP contribution in [0.1, 0.15) is 30.6 Å². The van der Waals surface area contributed by atoms with E-state index >= 15 is 0 Å². The molecule has 0 saturated heterocycles. The van der Waals surface area contributed by atoms with Crippen molar-refractivity contribution in [1.29, 1.82) is 0 Å². The van der Waals surface area contributed by atoms with Gasteiger partial charge in [-0.3, -0.25) is 0 Å². The van der Waals surface area contributed by atoms with Crippen molar-refractivity contribution in [2.45, 2.75) is 19.5 Å². The summed E-state index contributed by atoms with van der Waals surface area (Å²) >= 11 is 0. The molecule has 0 aromatic heterocycles. The fourth-order valence-corrected chi connectivity index (χ4v) is 1.06. The average Bonchev–Trinajstić information content (AvgIpc) is 2.08. The summed E-state index contributed by atoms with van der Waals surface area (Å²) in [6.45, 7) is 1.17. The summed E-state index contributed by atoms with van der Waals surface area (Å²) in [7, 11) is 0. The van der Waals surface area contributed by atoms with Gasteiger partial charge in [0.15, 0.2) is 11.6 Å². The summed E-state index contributed by atoms with van der Waals surface area (Å²) in [4.78, 5) is 0. The monoisotopic (exact) mass is 208 g/mol. The normalized spacial score (nSPS) is 13.4. The molecule has 78 valence electrons. The van der Waals surface area contributed by atoms with Crippen molar-refractivity contribution in [2.75, 3.05) is 0 Å². The van der Waals surface area contributed by atoms with Crippen molar-refractivity contribution in [3.63, 3.8) is 0 Å². The Morgan fingerprint density at radius 2 is 1.79 bits per heavy atom. The maximum absolute atomic E-state index is 12.9. The van der Waals surface area contributed by atoms with Crippen LogP contribution in [0.5, 0.6) is 0 Å². The lowest BCUT2D eigenvalue weighted by Crippen LogP contribution is -2.01. The van der Waals surface area contributed by atoms with Gasteiger partial charge in [-0.25, -0.2) is 17.6 Å². The van der Waals surface area contributed by atoms with E-state index in [2.05, 4.69) is 0 Å². The Bertz CT molecular complexity index is 336. The first-order chi connectivity index (χ1) is 6.43. The summed E-state index contributed by atoms with van der Waals surface area (Å²) in [5.74, 6) is -2.66. The molecule has 0 saturated carbocycles. The molecule has 1 unspecified atom stereocenters. The zero-order valence-corrected chi connectivity index (χ0v) is 7.27. The quantitative estimate of drug-likeness (QED) is 0.741. The molecule has 1 atom stereocenters. The minimum atomic E-state index is -2.89. The van der Waals surface area contributed by atoms with Crippen LogP contribution in [-0.2, 0) is 0 Å². The first kappa shape index (κ1) is 11.0. The van der Waals surface area contributed by atoms with E-state index in [1.54, 1.807) is 0 Å². The lowest BCUT2D eigenvalue weighted by molar-refractivity contribution is 0.149. The molecule has 0 bridgehead atoms. The van der Waals surface area contributed by atoms with Gasteiger partial charge in [-0.05, 0) is 19.1 Å². The van der Waals surface area contributed by atoms with Crippen LogP contribution in [0.3, 0.4) is 0 Å². The Morgan fingerprint density at radius 3 is 2.21 bits per heavy atom. The topological polar surface area (TPSA) is 20.2 Å². The second-order valence-corrected chi connectivity index (χ2v) is 2.88. The third-order valence-electron chi connectivity index (χ3n) is 1.78. The highest BCUT2D eigenvalue weighted by Crippen LogP contribution is 2.26. The van der Waals surface area contributed by atoms with Crippen LogP contribution in [-0.4, -0.2) is 5.11 Å². The maximum Gasteiger partial charge on any atom is 0.263 e. The van der Waals surface area contributed by atoms with E-state index in [-0.39, 0.29) is 0 Å². The predicted octanol–water partition coefficient (Wildman–Crippen LogP) is 2.96. The molecule has 14 heavy (non-hydrogen) atoms. The Labute approximate surface area is 78.0 Å². The minimum absolute atomic E-state index is 0.423. The van der Waals surface area contributed by atoms with Crippen molar-refractivity contribution >= 4 is 0 Å². The second-order valence-electron chi connectivity index (χ2n) is 2.88. The molecule has 0 aliphatic carbocycles. The summed E-state index contributed by atoms with van der Waals surface area (Å²) < 4.78 is 50.0. The molecule has 1 nitrogen and oxygen atoms in total. The van der Waals surface area contributed by atoms with Crippen molar-refractivity contribution in [3.8, 4) is 0 Å². The molecule has 0 amide bonds. The molecule has 5 heteroatoms. The number of aliphatic hydroxyl groups excluding tert-OH is 1. The van der Waals surface area contributed by atoms with Crippen molar-refractivity contribution in [3.05, 3.63) is 34.9 Å². The maximum atomic E-state index is 12.9. The Kier molecular flexibility index (Phi) is 3.10. The van der Waals surface area contributed by atoms with E-state index in [1.807, 2.05) is 0 Å². The van der Waals surface area contributed by atoms with Crippen molar-refractivity contribution in [2.24, 2.45) is 0 Å². The summed E-state index contributed by atoms with van der Waals surface area (Å²) in [5.41, 5.74) is -1.10. The second kappa shape index (κ2) is 3.96. The Balaban J connectivity index is 3.28. The molecule has 0 spiro atoms. The van der Waals surface area contributed by atoms with E-state index in [9.17, 15) is 17.6 Å². The molecule has 0 radical (unpaired) electrons. The summed E-state index contributed by atoms with van der Waals surface area (Å²) in [5, 5.41) is 8.98. The van der Waals surface area contributed by atoms with Gasteiger partial charge in [0.05, 0.1) is 6.10 Å². The molecule has 0 heterocycles. The van der Waals surface area contributed by atoms with Crippen LogP contribution in [0.25, 0.3) is 0 Å². The van der Waals surface area contributed by atoms with Gasteiger partial charge in [0.2, 0.25) is 0 Å². The first-order valence-electron chi connectivity index (χ1n) is 3.88. The zero-order valence-electron chi connectivity index (χ0n) is 7.27. The number of rotatable bonds is 2. The number of benzene rings is 1. The van der Waals surface area contributed by atoms with Crippen LogP contribution < -0.4 is 0 Å². The molecule has 1 N–H and O–H groups in total. The van der Waals surface area contributed by atoms with Crippen LogP contribution in [0.4, 0.5) is 17.6 Å². The highest BCUT2D eigenvalue weighted by molar-refractivity contribution is 5.28. The Hall–Kier alpha value is -1.10. The smallest absolute Gasteiger partial charge is 0.263 e. The fourth-order valence-electron chi connectivity index (χ4n) is 1.06. The minimum Gasteiger partial charge on any atom is -0.389 e. The van der Waals surface area contributed by atoms with Gasteiger partial charge in [-0.1, -0.05) is 0 Å². The first-order valence-corrected chi connectivity index (χ1v) is 3.88. The lowest BCUT2D eigenvalue weighted by Gasteiger charge is -2.09. The molecular formula is C9H8F4O. The summed E-state index contributed by atoms with van der Waals surface area (Å²) in [6, 6.07) is 1.18. The molecular weight excluding hydrogens is 200 g/mol. The lowest BCUT2D eigenvalue weighted by atomic mass is 10.1. The largest absolute Gasteiger partial charge is 0.389 e. The van der Waals surface area contributed by atoms with E-state index < -0.39 is 35.3 Å². The molecule has 1 aromatic carbocycles.